The Hall–Kier alpha value is -0.380. The van der Waals surface area contributed by atoms with Crippen molar-refractivity contribution in [2.24, 2.45) is 11.1 Å². The van der Waals surface area contributed by atoms with E-state index in [9.17, 15) is 0 Å². The Kier molecular flexibility index (Phi) is 3.91. The summed E-state index contributed by atoms with van der Waals surface area (Å²) in [5.41, 5.74) is 8.03. The van der Waals surface area contributed by atoms with E-state index in [2.05, 4.69) is 42.5 Å². The van der Waals surface area contributed by atoms with Gasteiger partial charge in [-0.3, -0.25) is 4.90 Å². The fraction of sp³-hybridized carbons (Fsp3) is 0.714. The summed E-state index contributed by atoms with van der Waals surface area (Å²) < 4.78 is 0. The van der Waals surface area contributed by atoms with Gasteiger partial charge in [0.2, 0.25) is 0 Å². The molecule has 1 saturated heterocycles. The van der Waals surface area contributed by atoms with Gasteiger partial charge in [0.25, 0.3) is 0 Å². The number of rotatable bonds is 3. The van der Waals surface area contributed by atoms with Gasteiger partial charge in [-0.1, -0.05) is 13.8 Å². The molecule has 0 radical (unpaired) electrons. The minimum Gasteiger partial charge on any atom is -0.326 e. The topological polar surface area (TPSA) is 29.3 Å². The SMILES string of the molecule is CC(N)C(c1ccsc1)N1CCCC(C)(C)C1. The van der Waals surface area contributed by atoms with Crippen molar-refractivity contribution in [3.8, 4) is 0 Å². The third kappa shape index (κ3) is 3.09. The van der Waals surface area contributed by atoms with Crippen LogP contribution in [0, 0.1) is 5.41 Å². The molecule has 2 N–H and O–H groups in total. The molecule has 3 heteroatoms. The Balaban J connectivity index is 2.17. The zero-order valence-corrected chi connectivity index (χ0v) is 12.0. The van der Waals surface area contributed by atoms with Gasteiger partial charge in [-0.25, -0.2) is 0 Å². The molecule has 96 valence electrons. The average molecular weight is 252 g/mol. The van der Waals surface area contributed by atoms with E-state index in [4.69, 9.17) is 5.73 Å². The quantitative estimate of drug-likeness (QED) is 0.894. The number of nitrogens with zero attached hydrogens (tertiary/aromatic N) is 1. The predicted molar refractivity (Wildman–Crippen MR) is 75.3 cm³/mol. The molecule has 0 spiro atoms. The van der Waals surface area contributed by atoms with E-state index in [-0.39, 0.29) is 6.04 Å². The van der Waals surface area contributed by atoms with Gasteiger partial charge >= 0.3 is 0 Å². The van der Waals surface area contributed by atoms with Gasteiger partial charge in [0, 0.05) is 12.6 Å². The standard InChI is InChI=1S/C14H24N2S/c1-11(15)13(12-5-8-17-9-12)16-7-4-6-14(2,3)10-16/h5,8-9,11,13H,4,6-7,10,15H2,1-3H3. The fourth-order valence-electron chi connectivity index (χ4n) is 3.00. The van der Waals surface area contributed by atoms with Crippen LogP contribution in [0.3, 0.4) is 0 Å². The lowest BCUT2D eigenvalue weighted by atomic mass is 9.82. The minimum atomic E-state index is 0.193. The van der Waals surface area contributed by atoms with Gasteiger partial charge in [0.05, 0.1) is 6.04 Å². The van der Waals surface area contributed by atoms with Crippen LogP contribution in [0.25, 0.3) is 0 Å². The van der Waals surface area contributed by atoms with Gasteiger partial charge in [-0.05, 0) is 54.1 Å². The highest BCUT2D eigenvalue weighted by Crippen LogP contribution is 2.35. The van der Waals surface area contributed by atoms with Crippen molar-refractivity contribution in [3.63, 3.8) is 0 Å². The van der Waals surface area contributed by atoms with Crippen molar-refractivity contribution in [2.45, 2.75) is 45.7 Å². The summed E-state index contributed by atoms with van der Waals surface area (Å²) >= 11 is 1.77. The first-order valence-electron chi connectivity index (χ1n) is 6.51. The van der Waals surface area contributed by atoms with Crippen molar-refractivity contribution in [1.29, 1.82) is 0 Å². The van der Waals surface area contributed by atoms with Crippen LogP contribution in [0.2, 0.25) is 0 Å². The molecule has 2 unspecified atom stereocenters. The summed E-state index contributed by atoms with van der Waals surface area (Å²) in [5, 5.41) is 4.40. The molecule has 1 aromatic heterocycles. The fourth-order valence-corrected chi connectivity index (χ4v) is 3.69. The molecular formula is C14H24N2S. The molecule has 1 fully saturated rings. The number of likely N-dealkylation sites (tertiary alicyclic amines) is 1. The largest absolute Gasteiger partial charge is 0.326 e. The third-order valence-corrected chi connectivity index (χ3v) is 4.41. The first-order valence-corrected chi connectivity index (χ1v) is 7.46. The molecule has 0 aliphatic carbocycles. The molecule has 2 nitrogen and oxygen atoms in total. The molecule has 0 aromatic carbocycles. The summed E-state index contributed by atoms with van der Waals surface area (Å²) in [6.07, 6.45) is 2.62. The highest BCUT2D eigenvalue weighted by molar-refractivity contribution is 7.07. The highest BCUT2D eigenvalue weighted by atomic mass is 32.1. The number of thiophene rings is 1. The Morgan fingerprint density at radius 3 is 2.76 bits per heavy atom. The number of hydrogen-bond acceptors (Lipinski definition) is 3. The molecule has 2 heterocycles. The van der Waals surface area contributed by atoms with E-state index >= 15 is 0 Å². The van der Waals surface area contributed by atoms with Crippen LogP contribution in [0.4, 0.5) is 0 Å². The van der Waals surface area contributed by atoms with E-state index in [1.54, 1.807) is 11.3 Å². The Morgan fingerprint density at radius 1 is 1.47 bits per heavy atom. The Labute approximate surface area is 109 Å². The van der Waals surface area contributed by atoms with E-state index < -0.39 is 0 Å². The summed E-state index contributed by atoms with van der Waals surface area (Å²) in [5.74, 6) is 0. The molecule has 2 atom stereocenters. The second kappa shape index (κ2) is 5.09. The lowest BCUT2D eigenvalue weighted by molar-refractivity contribution is 0.0690. The predicted octanol–water partition coefficient (Wildman–Crippen LogP) is 3.26. The van der Waals surface area contributed by atoms with Crippen molar-refractivity contribution in [3.05, 3.63) is 22.4 Å². The maximum atomic E-state index is 6.21. The lowest BCUT2D eigenvalue weighted by Gasteiger charge is -2.43. The van der Waals surface area contributed by atoms with E-state index in [0.29, 0.717) is 11.5 Å². The van der Waals surface area contributed by atoms with Crippen molar-refractivity contribution in [2.75, 3.05) is 13.1 Å². The second-order valence-electron chi connectivity index (χ2n) is 6.10. The summed E-state index contributed by atoms with van der Waals surface area (Å²) in [4.78, 5) is 2.58. The maximum Gasteiger partial charge on any atom is 0.0504 e. The van der Waals surface area contributed by atoms with Crippen LogP contribution in [0.15, 0.2) is 16.8 Å². The van der Waals surface area contributed by atoms with Gasteiger partial charge in [0.15, 0.2) is 0 Å². The first kappa shape index (κ1) is 13.1. The van der Waals surface area contributed by atoms with Crippen LogP contribution < -0.4 is 5.73 Å². The van der Waals surface area contributed by atoms with Gasteiger partial charge in [-0.15, -0.1) is 0 Å². The van der Waals surface area contributed by atoms with Crippen LogP contribution in [0.5, 0.6) is 0 Å². The monoisotopic (exact) mass is 252 g/mol. The van der Waals surface area contributed by atoms with E-state index in [1.165, 1.54) is 24.9 Å². The van der Waals surface area contributed by atoms with Crippen LogP contribution >= 0.6 is 11.3 Å². The van der Waals surface area contributed by atoms with Crippen LogP contribution in [-0.4, -0.2) is 24.0 Å². The van der Waals surface area contributed by atoms with E-state index in [1.807, 2.05) is 0 Å². The molecule has 17 heavy (non-hydrogen) atoms. The number of nitrogens with two attached hydrogens (primary N) is 1. The molecule has 0 saturated carbocycles. The molecule has 2 rings (SSSR count). The average Bonchev–Trinajstić information content (AvgIpc) is 2.69. The minimum absolute atomic E-state index is 0.193. The van der Waals surface area contributed by atoms with Gasteiger partial charge in [-0.2, -0.15) is 11.3 Å². The summed E-state index contributed by atoms with van der Waals surface area (Å²) in [6, 6.07) is 2.81. The second-order valence-corrected chi connectivity index (χ2v) is 6.88. The smallest absolute Gasteiger partial charge is 0.0504 e. The first-order chi connectivity index (χ1) is 7.99. The molecule has 1 aromatic rings. The summed E-state index contributed by atoms with van der Waals surface area (Å²) in [7, 11) is 0. The zero-order chi connectivity index (χ0) is 12.5. The Morgan fingerprint density at radius 2 is 2.24 bits per heavy atom. The molecular weight excluding hydrogens is 228 g/mol. The molecule has 1 aliphatic heterocycles. The number of hydrogen-bond donors (Lipinski definition) is 1. The lowest BCUT2D eigenvalue weighted by Crippen LogP contribution is -2.47. The van der Waals surface area contributed by atoms with Gasteiger partial charge < -0.3 is 5.73 Å². The highest BCUT2D eigenvalue weighted by Gasteiger charge is 2.32. The molecule has 0 amide bonds. The van der Waals surface area contributed by atoms with Crippen LogP contribution in [-0.2, 0) is 0 Å². The normalized spacial score (nSPS) is 24.5. The van der Waals surface area contributed by atoms with E-state index in [0.717, 1.165) is 6.54 Å². The van der Waals surface area contributed by atoms with Crippen molar-refractivity contribution < 1.29 is 0 Å². The third-order valence-electron chi connectivity index (χ3n) is 3.71. The molecule has 1 aliphatic rings. The van der Waals surface area contributed by atoms with Crippen LogP contribution in [0.1, 0.15) is 45.2 Å². The summed E-state index contributed by atoms with van der Waals surface area (Å²) in [6.45, 7) is 9.21. The maximum absolute atomic E-state index is 6.21. The van der Waals surface area contributed by atoms with Crippen molar-refractivity contribution >= 4 is 11.3 Å². The number of piperidine rings is 1. The zero-order valence-electron chi connectivity index (χ0n) is 11.1. The van der Waals surface area contributed by atoms with Gasteiger partial charge in [0.1, 0.15) is 0 Å². The Bertz CT molecular complexity index is 343. The van der Waals surface area contributed by atoms with Crippen molar-refractivity contribution in [1.82, 2.24) is 4.90 Å². The molecule has 0 bridgehead atoms.